The lowest BCUT2D eigenvalue weighted by atomic mass is 10.1. The molecule has 0 aliphatic carbocycles. The highest BCUT2D eigenvalue weighted by atomic mass is 79.9. The Morgan fingerprint density at radius 1 is 1.47 bits per heavy atom. The first kappa shape index (κ1) is 12.8. The average Bonchev–Trinajstić information content (AvgIpc) is 2.68. The molecule has 2 heterocycles. The van der Waals surface area contributed by atoms with Crippen molar-refractivity contribution < 1.29 is 0 Å². The molecule has 1 aromatic heterocycles. The summed E-state index contributed by atoms with van der Waals surface area (Å²) in [6.07, 6.45) is 5.72. The van der Waals surface area contributed by atoms with Crippen LogP contribution in [0.1, 0.15) is 38.1 Å². The van der Waals surface area contributed by atoms with E-state index in [1.165, 1.54) is 28.6 Å². The molecule has 94 valence electrons. The zero-order chi connectivity index (χ0) is 12.3. The Hall–Kier alpha value is -0.610. The van der Waals surface area contributed by atoms with Crippen LogP contribution >= 0.6 is 15.9 Å². The van der Waals surface area contributed by atoms with Crippen LogP contribution in [-0.4, -0.2) is 22.9 Å². The highest BCUT2D eigenvalue weighted by molar-refractivity contribution is 9.10. The maximum atomic E-state index is 4.62. The number of aromatic nitrogens is 2. The van der Waals surface area contributed by atoms with Gasteiger partial charge in [-0.3, -0.25) is 4.68 Å². The number of rotatable bonds is 3. The lowest BCUT2D eigenvalue weighted by molar-refractivity contribution is 0.610. The van der Waals surface area contributed by atoms with Crippen LogP contribution in [0.15, 0.2) is 10.0 Å². The zero-order valence-electron chi connectivity index (χ0n) is 10.6. The molecule has 1 aliphatic heterocycles. The fourth-order valence-electron chi connectivity index (χ4n) is 2.20. The Balaban J connectivity index is 2.32. The summed E-state index contributed by atoms with van der Waals surface area (Å²) in [5, 5.41) is 8.04. The molecule has 1 saturated heterocycles. The minimum atomic E-state index is 0.922. The van der Waals surface area contributed by atoms with Crippen molar-refractivity contribution in [2.75, 3.05) is 13.1 Å². The van der Waals surface area contributed by atoms with Gasteiger partial charge in [0.2, 0.25) is 0 Å². The van der Waals surface area contributed by atoms with Crippen molar-refractivity contribution in [2.24, 2.45) is 0 Å². The molecule has 0 amide bonds. The van der Waals surface area contributed by atoms with Gasteiger partial charge in [-0.2, -0.15) is 5.10 Å². The molecule has 0 aromatic carbocycles. The van der Waals surface area contributed by atoms with Crippen molar-refractivity contribution in [2.45, 2.75) is 39.7 Å². The van der Waals surface area contributed by atoms with E-state index in [1.54, 1.807) is 0 Å². The Kier molecular flexibility index (Phi) is 4.40. The molecule has 2 rings (SSSR count). The van der Waals surface area contributed by atoms with Crippen molar-refractivity contribution in [3.8, 4) is 0 Å². The Labute approximate surface area is 111 Å². The first-order valence-corrected chi connectivity index (χ1v) is 7.20. The summed E-state index contributed by atoms with van der Waals surface area (Å²) in [5.41, 5.74) is 3.86. The van der Waals surface area contributed by atoms with Crippen LogP contribution in [0.4, 0.5) is 0 Å². The number of nitrogens with one attached hydrogen (secondary N) is 1. The fourth-order valence-corrected chi connectivity index (χ4v) is 2.88. The van der Waals surface area contributed by atoms with E-state index in [0.717, 1.165) is 31.7 Å². The summed E-state index contributed by atoms with van der Waals surface area (Å²) in [6.45, 7) is 7.37. The quantitative estimate of drug-likeness (QED) is 0.929. The van der Waals surface area contributed by atoms with E-state index in [1.807, 2.05) is 0 Å². The molecular formula is C13H20BrN3. The summed E-state index contributed by atoms with van der Waals surface area (Å²) < 4.78 is 3.25. The van der Waals surface area contributed by atoms with Crippen molar-refractivity contribution >= 4 is 22.0 Å². The van der Waals surface area contributed by atoms with Gasteiger partial charge in [-0.05, 0) is 54.7 Å². The molecule has 1 aromatic rings. The number of hydrogen-bond donors (Lipinski definition) is 1. The smallest absolute Gasteiger partial charge is 0.0770 e. The second-order valence-corrected chi connectivity index (χ2v) is 5.19. The number of piperidine rings is 1. The standard InChI is InChI=1S/C13H20BrN3/c1-3-11-13(14)12(17(4-2)16-11)8-10-6-5-7-15-9-10/h8,15H,3-7,9H2,1-2H3. The number of aryl methyl sites for hydroxylation is 2. The van der Waals surface area contributed by atoms with E-state index in [9.17, 15) is 0 Å². The van der Waals surface area contributed by atoms with Gasteiger partial charge in [0, 0.05) is 13.1 Å². The summed E-state index contributed by atoms with van der Waals surface area (Å²) in [7, 11) is 0. The zero-order valence-corrected chi connectivity index (χ0v) is 12.2. The third-order valence-corrected chi connectivity index (χ3v) is 4.04. The Morgan fingerprint density at radius 2 is 2.29 bits per heavy atom. The number of halogens is 1. The maximum absolute atomic E-state index is 4.62. The van der Waals surface area contributed by atoms with Gasteiger partial charge < -0.3 is 5.32 Å². The van der Waals surface area contributed by atoms with Crippen molar-refractivity contribution in [3.63, 3.8) is 0 Å². The normalized spacial score (nSPS) is 18.9. The largest absolute Gasteiger partial charge is 0.313 e. The van der Waals surface area contributed by atoms with Crippen LogP contribution in [0.5, 0.6) is 0 Å². The molecule has 1 N–H and O–H groups in total. The van der Waals surface area contributed by atoms with Gasteiger partial charge in [0.15, 0.2) is 0 Å². The van der Waals surface area contributed by atoms with E-state index < -0.39 is 0 Å². The fraction of sp³-hybridized carbons (Fsp3) is 0.615. The lowest BCUT2D eigenvalue weighted by Gasteiger charge is -2.15. The van der Waals surface area contributed by atoms with Crippen LogP contribution in [0, 0.1) is 0 Å². The van der Waals surface area contributed by atoms with Crippen LogP contribution in [0.3, 0.4) is 0 Å². The van der Waals surface area contributed by atoms with Crippen molar-refractivity contribution in [3.05, 3.63) is 21.4 Å². The van der Waals surface area contributed by atoms with E-state index in [-0.39, 0.29) is 0 Å². The predicted molar refractivity (Wildman–Crippen MR) is 75.1 cm³/mol. The first-order valence-electron chi connectivity index (χ1n) is 6.41. The topological polar surface area (TPSA) is 29.9 Å². The summed E-state index contributed by atoms with van der Waals surface area (Å²) in [6, 6.07) is 0. The molecular weight excluding hydrogens is 278 g/mol. The summed E-state index contributed by atoms with van der Waals surface area (Å²) in [4.78, 5) is 0. The monoisotopic (exact) mass is 297 g/mol. The first-order chi connectivity index (χ1) is 8.26. The molecule has 0 saturated carbocycles. The van der Waals surface area contributed by atoms with Gasteiger partial charge in [0.1, 0.15) is 0 Å². The van der Waals surface area contributed by atoms with Gasteiger partial charge in [-0.15, -0.1) is 0 Å². The summed E-state index contributed by atoms with van der Waals surface area (Å²) in [5.74, 6) is 0. The Morgan fingerprint density at radius 3 is 2.88 bits per heavy atom. The van der Waals surface area contributed by atoms with Crippen molar-refractivity contribution in [1.29, 1.82) is 0 Å². The molecule has 1 fully saturated rings. The number of hydrogen-bond acceptors (Lipinski definition) is 2. The molecule has 0 unspecified atom stereocenters. The highest BCUT2D eigenvalue weighted by Gasteiger charge is 2.13. The van der Waals surface area contributed by atoms with E-state index in [2.05, 4.69) is 51.0 Å². The minimum absolute atomic E-state index is 0.922. The SMILES string of the molecule is CCc1nn(CC)c(C=C2CCCNC2)c1Br. The van der Waals surface area contributed by atoms with Gasteiger partial charge in [-0.1, -0.05) is 12.5 Å². The highest BCUT2D eigenvalue weighted by Crippen LogP contribution is 2.25. The third kappa shape index (κ3) is 2.80. The van der Waals surface area contributed by atoms with Gasteiger partial charge in [-0.25, -0.2) is 0 Å². The second-order valence-electron chi connectivity index (χ2n) is 4.40. The lowest BCUT2D eigenvalue weighted by Crippen LogP contribution is -2.23. The molecule has 0 bridgehead atoms. The molecule has 0 spiro atoms. The van der Waals surface area contributed by atoms with Crippen molar-refractivity contribution in [1.82, 2.24) is 15.1 Å². The van der Waals surface area contributed by atoms with Crippen LogP contribution < -0.4 is 5.32 Å². The van der Waals surface area contributed by atoms with Crippen LogP contribution in [0.2, 0.25) is 0 Å². The predicted octanol–water partition coefficient (Wildman–Crippen LogP) is 2.99. The van der Waals surface area contributed by atoms with Crippen LogP contribution in [0.25, 0.3) is 6.08 Å². The molecule has 0 atom stereocenters. The minimum Gasteiger partial charge on any atom is -0.313 e. The third-order valence-electron chi connectivity index (χ3n) is 3.18. The summed E-state index contributed by atoms with van der Waals surface area (Å²) >= 11 is 3.68. The molecule has 4 heteroatoms. The molecule has 17 heavy (non-hydrogen) atoms. The van der Waals surface area contributed by atoms with Gasteiger partial charge in [0.05, 0.1) is 15.9 Å². The van der Waals surface area contributed by atoms with E-state index in [0.29, 0.717) is 0 Å². The average molecular weight is 298 g/mol. The van der Waals surface area contributed by atoms with E-state index >= 15 is 0 Å². The van der Waals surface area contributed by atoms with E-state index in [4.69, 9.17) is 0 Å². The molecule has 1 aliphatic rings. The number of nitrogens with zero attached hydrogens (tertiary/aromatic N) is 2. The van der Waals surface area contributed by atoms with Gasteiger partial charge in [0.25, 0.3) is 0 Å². The maximum Gasteiger partial charge on any atom is 0.0770 e. The Bertz CT molecular complexity index is 413. The van der Waals surface area contributed by atoms with Gasteiger partial charge >= 0.3 is 0 Å². The molecule has 0 radical (unpaired) electrons. The second kappa shape index (κ2) is 5.83. The molecule has 3 nitrogen and oxygen atoms in total. The van der Waals surface area contributed by atoms with Crippen LogP contribution in [-0.2, 0) is 13.0 Å².